The zero-order valence-electron chi connectivity index (χ0n) is 9.19. The van der Waals surface area contributed by atoms with Crippen molar-refractivity contribution in [3.63, 3.8) is 0 Å². The zero-order valence-corrected chi connectivity index (χ0v) is 9.19. The fraction of sp³-hybridized carbons (Fsp3) is 0.273. The fourth-order valence-electron chi connectivity index (χ4n) is 1.82. The van der Waals surface area contributed by atoms with Crippen LogP contribution in [0.2, 0.25) is 0 Å². The van der Waals surface area contributed by atoms with Crippen LogP contribution in [0.1, 0.15) is 5.56 Å². The molecule has 0 unspecified atom stereocenters. The normalized spacial score (nSPS) is 10.6. The van der Waals surface area contributed by atoms with Gasteiger partial charge in [-0.05, 0) is 18.6 Å². The fourth-order valence-corrected chi connectivity index (χ4v) is 1.82. The van der Waals surface area contributed by atoms with Crippen molar-refractivity contribution < 1.29 is 9.90 Å². The van der Waals surface area contributed by atoms with E-state index in [9.17, 15) is 4.79 Å². The van der Waals surface area contributed by atoms with Gasteiger partial charge in [0.05, 0.1) is 5.52 Å². The molecule has 0 aliphatic carbocycles. The third-order valence-electron chi connectivity index (χ3n) is 2.47. The van der Waals surface area contributed by atoms with Gasteiger partial charge in [0, 0.05) is 12.4 Å². The number of nitrogens with zero attached hydrogens (tertiary/aromatic N) is 2. The number of fused-ring (bicyclic) bond motifs is 1. The van der Waals surface area contributed by atoms with Crippen LogP contribution < -0.4 is 5.32 Å². The Balaban J connectivity index is 2.47. The van der Waals surface area contributed by atoms with E-state index in [4.69, 9.17) is 5.11 Å². The topological polar surface area (TPSA) is 67.2 Å². The summed E-state index contributed by atoms with van der Waals surface area (Å²) in [5.74, 6) is -0.282. The molecule has 84 valence electrons. The molecule has 16 heavy (non-hydrogen) atoms. The summed E-state index contributed by atoms with van der Waals surface area (Å²) in [5.41, 5.74) is 2.14. The minimum Gasteiger partial charge on any atom is -0.480 e. The number of aryl methyl sites for hydroxylation is 2. The Morgan fingerprint density at radius 2 is 2.31 bits per heavy atom. The van der Waals surface area contributed by atoms with Crippen LogP contribution in [-0.2, 0) is 11.8 Å². The average molecular weight is 219 g/mol. The van der Waals surface area contributed by atoms with Crippen molar-refractivity contribution in [3.8, 4) is 0 Å². The predicted octanol–water partition coefficient (Wildman–Crippen LogP) is 1.38. The molecule has 0 radical (unpaired) electrons. The van der Waals surface area contributed by atoms with Crippen molar-refractivity contribution in [2.45, 2.75) is 6.92 Å². The van der Waals surface area contributed by atoms with Crippen LogP contribution in [0.25, 0.3) is 10.9 Å². The molecule has 5 heteroatoms. The van der Waals surface area contributed by atoms with E-state index >= 15 is 0 Å². The summed E-state index contributed by atoms with van der Waals surface area (Å²) in [7, 11) is 1.85. The van der Waals surface area contributed by atoms with E-state index in [0.29, 0.717) is 5.82 Å². The van der Waals surface area contributed by atoms with E-state index in [2.05, 4.69) is 10.4 Å². The van der Waals surface area contributed by atoms with Gasteiger partial charge < -0.3 is 10.4 Å². The maximum atomic E-state index is 10.5. The summed E-state index contributed by atoms with van der Waals surface area (Å²) >= 11 is 0. The SMILES string of the molecule is Cc1cccc2c(NCC(=O)O)nn(C)c12. The maximum Gasteiger partial charge on any atom is 0.322 e. The van der Waals surface area contributed by atoms with Crippen LogP contribution in [-0.4, -0.2) is 27.4 Å². The Labute approximate surface area is 92.7 Å². The molecular formula is C11H13N3O2. The van der Waals surface area contributed by atoms with Gasteiger partial charge in [0.2, 0.25) is 0 Å². The summed E-state index contributed by atoms with van der Waals surface area (Å²) in [4.78, 5) is 10.5. The van der Waals surface area contributed by atoms with Crippen LogP contribution in [0, 0.1) is 6.92 Å². The number of rotatable bonds is 3. The second-order valence-electron chi connectivity index (χ2n) is 3.69. The Morgan fingerprint density at radius 3 is 3.00 bits per heavy atom. The number of hydrogen-bond acceptors (Lipinski definition) is 3. The maximum absolute atomic E-state index is 10.5. The van der Waals surface area contributed by atoms with Crippen molar-refractivity contribution in [1.29, 1.82) is 0 Å². The highest BCUT2D eigenvalue weighted by molar-refractivity contribution is 5.93. The number of aromatic nitrogens is 2. The summed E-state index contributed by atoms with van der Waals surface area (Å²) < 4.78 is 1.76. The predicted molar refractivity (Wildman–Crippen MR) is 61.6 cm³/mol. The zero-order chi connectivity index (χ0) is 11.7. The summed E-state index contributed by atoms with van der Waals surface area (Å²) in [6, 6.07) is 5.87. The van der Waals surface area contributed by atoms with Crippen LogP contribution in [0.15, 0.2) is 18.2 Å². The number of anilines is 1. The van der Waals surface area contributed by atoms with Crippen molar-refractivity contribution in [2.24, 2.45) is 7.05 Å². The highest BCUT2D eigenvalue weighted by atomic mass is 16.4. The standard InChI is InChI=1S/C11H13N3O2/c1-7-4-3-5-8-10(7)14(2)13-11(8)12-6-9(15)16/h3-5H,6H2,1-2H3,(H,12,13)(H,15,16). The number of carboxylic acid groups (broad SMARTS) is 1. The summed E-state index contributed by atoms with van der Waals surface area (Å²) in [5, 5.41) is 16.6. The van der Waals surface area contributed by atoms with Gasteiger partial charge in [-0.25, -0.2) is 0 Å². The third-order valence-corrected chi connectivity index (χ3v) is 2.47. The second-order valence-corrected chi connectivity index (χ2v) is 3.69. The highest BCUT2D eigenvalue weighted by Gasteiger charge is 2.10. The molecule has 5 nitrogen and oxygen atoms in total. The number of carbonyl (C=O) groups is 1. The van der Waals surface area contributed by atoms with Gasteiger partial charge in [0.15, 0.2) is 5.82 Å². The van der Waals surface area contributed by atoms with Gasteiger partial charge in [-0.15, -0.1) is 0 Å². The molecule has 1 aromatic heterocycles. The molecule has 2 aromatic rings. The minimum atomic E-state index is -0.897. The molecule has 0 aliphatic heterocycles. The summed E-state index contributed by atoms with van der Waals surface area (Å²) in [6.07, 6.45) is 0. The van der Waals surface area contributed by atoms with E-state index in [1.54, 1.807) is 4.68 Å². The molecule has 0 spiro atoms. The minimum absolute atomic E-state index is 0.125. The molecule has 0 aliphatic rings. The van der Waals surface area contributed by atoms with E-state index in [1.807, 2.05) is 32.2 Å². The Morgan fingerprint density at radius 1 is 1.56 bits per heavy atom. The van der Waals surface area contributed by atoms with Gasteiger partial charge in [-0.1, -0.05) is 12.1 Å². The largest absolute Gasteiger partial charge is 0.480 e. The van der Waals surface area contributed by atoms with Crippen molar-refractivity contribution in [1.82, 2.24) is 9.78 Å². The van der Waals surface area contributed by atoms with E-state index in [1.165, 1.54) is 0 Å². The molecule has 0 fully saturated rings. The van der Waals surface area contributed by atoms with Crippen LogP contribution in [0.4, 0.5) is 5.82 Å². The number of benzene rings is 1. The first-order valence-corrected chi connectivity index (χ1v) is 4.97. The molecule has 0 saturated heterocycles. The first-order valence-electron chi connectivity index (χ1n) is 4.97. The number of aliphatic carboxylic acids is 1. The van der Waals surface area contributed by atoms with Gasteiger partial charge in [-0.3, -0.25) is 9.48 Å². The molecule has 2 N–H and O–H groups in total. The quantitative estimate of drug-likeness (QED) is 0.818. The summed E-state index contributed by atoms with van der Waals surface area (Å²) in [6.45, 7) is 1.88. The lowest BCUT2D eigenvalue weighted by Crippen LogP contribution is -2.12. The second kappa shape index (κ2) is 3.84. The molecule has 1 aromatic carbocycles. The Hall–Kier alpha value is -2.04. The Kier molecular flexibility index (Phi) is 2.52. The first-order chi connectivity index (χ1) is 7.59. The molecular weight excluding hydrogens is 206 g/mol. The molecule has 0 bridgehead atoms. The smallest absolute Gasteiger partial charge is 0.322 e. The number of carboxylic acids is 1. The number of nitrogens with one attached hydrogen (secondary N) is 1. The number of para-hydroxylation sites is 1. The first kappa shape index (κ1) is 10.5. The molecule has 1 heterocycles. The monoisotopic (exact) mass is 219 g/mol. The van der Waals surface area contributed by atoms with E-state index < -0.39 is 5.97 Å². The van der Waals surface area contributed by atoms with E-state index in [0.717, 1.165) is 16.5 Å². The highest BCUT2D eigenvalue weighted by Crippen LogP contribution is 2.24. The van der Waals surface area contributed by atoms with E-state index in [-0.39, 0.29) is 6.54 Å². The Bertz CT molecular complexity index is 545. The lowest BCUT2D eigenvalue weighted by molar-refractivity contribution is -0.134. The van der Waals surface area contributed by atoms with Crippen molar-refractivity contribution in [2.75, 3.05) is 11.9 Å². The van der Waals surface area contributed by atoms with Gasteiger partial charge in [0.25, 0.3) is 0 Å². The lowest BCUT2D eigenvalue weighted by Gasteiger charge is -1.99. The molecule has 2 rings (SSSR count). The average Bonchev–Trinajstić information content (AvgIpc) is 2.54. The van der Waals surface area contributed by atoms with Crippen LogP contribution >= 0.6 is 0 Å². The van der Waals surface area contributed by atoms with Crippen molar-refractivity contribution in [3.05, 3.63) is 23.8 Å². The van der Waals surface area contributed by atoms with Gasteiger partial charge in [0.1, 0.15) is 6.54 Å². The van der Waals surface area contributed by atoms with Crippen LogP contribution in [0.3, 0.4) is 0 Å². The molecule has 0 amide bonds. The molecule has 0 saturated carbocycles. The van der Waals surface area contributed by atoms with Gasteiger partial charge >= 0.3 is 5.97 Å². The lowest BCUT2D eigenvalue weighted by atomic mass is 10.1. The molecule has 0 atom stereocenters. The number of hydrogen-bond donors (Lipinski definition) is 2. The van der Waals surface area contributed by atoms with Crippen LogP contribution in [0.5, 0.6) is 0 Å². The van der Waals surface area contributed by atoms with Gasteiger partial charge in [-0.2, -0.15) is 5.10 Å². The van der Waals surface area contributed by atoms with Crippen molar-refractivity contribution >= 4 is 22.7 Å². The third kappa shape index (κ3) is 1.71.